The fourth-order valence-electron chi connectivity index (χ4n) is 5.05. The predicted molar refractivity (Wildman–Crippen MR) is 88.9 cm³/mol. The second-order valence-electron chi connectivity index (χ2n) is 8.02. The number of amides is 2. The summed E-state index contributed by atoms with van der Waals surface area (Å²) in [5, 5.41) is 0. The van der Waals surface area contributed by atoms with E-state index in [1.165, 1.54) is 6.20 Å². The van der Waals surface area contributed by atoms with Crippen molar-refractivity contribution in [3.8, 4) is 0 Å². The van der Waals surface area contributed by atoms with Gasteiger partial charge in [-0.25, -0.2) is 4.98 Å². The molecule has 6 heteroatoms. The van der Waals surface area contributed by atoms with Crippen molar-refractivity contribution in [1.29, 1.82) is 0 Å². The molecule has 24 heavy (non-hydrogen) atoms. The standard InChI is InChI=1S/C18H24N4O2/c1-11-17(2,3)12-4-5-18(11,8-12)16(24)21-6-7-22-13(15(19)23)9-20-14(22)10-21/h9,12H,1,4-8,10H2,2-3H3,(H2,19,23)/t12-,18-/m1/s1. The van der Waals surface area contributed by atoms with Crippen LogP contribution in [0.3, 0.4) is 0 Å². The van der Waals surface area contributed by atoms with Gasteiger partial charge in [-0.1, -0.05) is 26.0 Å². The second kappa shape index (κ2) is 4.71. The van der Waals surface area contributed by atoms with E-state index in [0.717, 1.165) is 30.7 Å². The summed E-state index contributed by atoms with van der Waals surface area (Å²) in [6.45, 7) is 10.3. The molecular weight excluding hydrogens is 304 g/mol. The maximum Gasteiger partial charge on any atom is 0.266 e. The molecule has 0 aromatic carbocycles. The van der Waals surface area contributed by atoms with E-state index in [4.69, 9.17) is 5.73 Å². The third-order valence-electron chi connectivity index (χ3n) is 6.70. The maximum absolute atomic E-state index is 13.4. The molecule has 0 radical (unpaired) electrons. The predicted octanol–water partition coefficient (Wildman–Crippen LogP) is 1.71. The smallest absolute Gasteiger partial charge is 0.266 e. The summed E-state index contributed by atoms with van der Waals surface area (Å²) in [6, 6.07) is 0. The lowest BCUT2D eigenvalue weighted by Crippen LogP contribution is -2.47. The number of imidazole rings is 1. The first-order valence-electron chi connectivity index (χ1n) is 8.61. The summed E-state index contributed by atoms with van der Waals surface area (Å²) in [6.07, 6.45) is 4.45. The Labute approximate surface area is 141 Å². The van der Waals surface area contributed by atoms with Crippen LogP contribution in [0.5, 0.6) is 0 Å². The molecule has 2 saturated carbocycles. The lowest BCUT2D eigenvalue weighted by atomic mass is 9.68. The van der Waals surface area contributed by atoms with Gasteiger partial charge in [0.1, 0.15) is 11.5 Å². The third-order valence-corrected chi connectivity index (χ3v) is 6.70. The van der Waals surface area contributed by atoms with Crippen molar-refractivity contribution in [2.24, 2.45) is 22.5 Å². The molecule has 1 aromatic heterocycles. The average Bonchev–Trinajstić information content (AvgIpc) is 3.21. The van der Waals surface area contributed by atoms with E-state index in [0.29, 0.717) is 31.2 Å². The molecule has 0 saturated heterocycles. The van der Waals surface area contributed by atoms with E-state index in [9.17, 15) is 9.59 Å². The monoisotopic (exact) mass is 328 g/mol. The summed E-state index contributed by atoms with van der Waals surface area (Å²) in [5.41, 5.74) is 6.55. The van der Waals surface area contributed by atoms with E-state index < -0.39 is 11.3 Å². The highest BCUT2D eigenvalue weighted by molar-refractivity contribution is 5.91. The molecule has 2 bridgehead atoms. The Morgan fingerprint density at radius 2 is 2.12 bits per heavy atom. The zero-order valence-electron chi connectivity index (χ0n) is 14.3. The Kier molecular flexibility index (Phi) is 3.03. The topological polar surface area (TPSA) is 81.2 Å². The van der Waals surface area contributed by atoms with E-state index in [1.807, 2.05) is 9.47 Å². The SMILES string of the molecule is C=C1C(C)(C)[C@@H]2CC[C@@]1(C(=O)N1CCn3c(C(N)=O)cnc3C1)C2. The van der Waals surface area contributed by atoms with Crippen molar-refractivity contribution < 1.29 is 9.59 Å². The molecule has 2 atom stereocenters. The van der Waals surface area contributed by atoms with Crippen LogP contribution in [0.4, 0.5) is 0 Å². The van der Waals surface area contributed by atoms with Crippen molar-refractivity contribution in [1.82, 2.24) is 14.5 Å². The van der Waals surface area contributed by atoms with Crippen LogP contribution in [0, 0.1) is 16.7 Å². The van der Waals surface area contributed by atoms with Crippen LogP contribution in [-0.4, -0.2) is 32.8 Å². The van der Waals surface area contributed by atoms with Gasteiger partial charge < -0.3 is 15.2 Å². The second-order valence-corrected chi connectivity index (χ2v) is 8.02. The molecule has 1 aromatic rings. The number of fused-ring (bicyclic) bond motifs is 3. The molecule has 3 aliphatic rings. The van der Waals surface area contributed by atoms with Crippen molar-refractivity contribution in [3.63, 3.8) is 0 Å². The summed E-state index contributed by atoms with van der Waals surface area (Å²) < 4.78 is 1.83. The minimum atomic E-state index is -0.475. The number of hydrogen-bond donors (Lipinski definition) is 1. The number of aromatic nitrogens is 2. The quantitative estimate of drug-likeness (QED) is 0.839. The van der Waals surface area contributed by atoms with Gasteiger partial charge in [0, 0.05) is 13.1 Å². The van der Waals surface area contributed by atoms with E-state index in [-0.39, 0.29) is 11.3 Å². The van der Waals surface area contributed by atoms with Gasteiger partial charge in [-0.3, -0.25) is 9.59 Å². The Hall–Kier alpha value is -2.11. The third kappa shape index (κ3) is 1.79. The molecule has 4 rings (SSSR count). The van der Waals surface area contributed by atoms with Crippen molar-refractivity contribution in [2.75, 3.05) is 6.54 Å². The van der Waals surface area contributed by atoms with Crippen molar-refractivity contribution >= 4 is 11.8 Å². The van der Waals surface area contributed by atoms with Crippen LogP contribution >= 0.6 is 0 Å². The minimum Gasteiger partial charge on any atom is -0.364 e. The number of primary amides is 1. The van der Waals surface area contributed by atoms with Gasteiger partial charge >= 0.3 is 0 Å². The van der Waals surface area contributed by atoms with E-state index in [1.54, 1.807) is 0 Å². The Balaban J connectivity index is 1.61. The lowest BCUT2D eigenvalue weighted by Gasteiger charge is -2.40. The Bertz CT molecular complexity index is 763. The summed E-state index contributed by atoms with van der Waals surface area (Å²) in [4.78, 5) is 31.0. The fourth-order valence-corrected chi connectivity index (χ4v) is 5.05. The molecule has 2 heterocycles. The molecule has 2 fully saturated rings. The summed E-state index contributed by atoms with van der Waals surface area (Å²) in [7, 11) is 0. The number of rotatable bonds is 2. The highest BCUT2D eigenvalue weighted by Crippen LogP contribution is 2.66. The molecular formula is C18H24N4O2. The van der Waals surface area contributed by atoms with E-state index >= 15 is 0 Å². The molecule has 128 valence electrons. The highest BCUT2D eigenvalue weighted by Gasteiger charge is 2.61. The molecule has 0 spiro atoms. The van der Waals surface area contributed by atoms with Gasteiger partial charge in [-0.15, -0.1) is 0 Å². The first-order chi connectivity index (χ1) is 11.3. The minimum absolute atomic E-state index is 0.0430. The lowest BCUT2D eigenvalue weighted by molar-refractivity contribution is -0.141. The summed E-state index contributed by atoms with van der Waals surface area (Å²) in [5.74, 6) is 1.01. The fraction of sp³-hybridized carbons (Fsp3) is 0.611. The normalized spacial score (nSPS) is 30.5. The number of hydrogen-bond acceptors (Lipinski definition) is 3. The first kappa shape index (κ1) is 15.4. The molecule has 2 N–H and O–H groups in total. The average molecular weight is 328 g/mol. The van der Waals surface area contributed by atoms with Gasteiger partial charge in [-0.05, 0) is 30.6 Å². The number of nitrogens with two attached hydrogens (primary N) is 1. The van der Waals surface area contributed by atoms with Crippen LogP contribution in [0.1, 0.15) is 49.4 Å². The van der Waals surface area contributed by atoms with Gasteiger partial charge in [0.15, 0.2) is 0 Å². The Morgan fingerprint density at radius 3 is 2.75 bits per heavy atom. The maximum atomic E-state index is 13.4. The van der Waals surface area contributed by atoms with E-state index in [2.05, 4.69) is 25.4 Å². The first-order valence-corrected chi connectivity index (χ1v) is 8.61. The number of carbonyl (C=O) groups excluding carboxylic acids is 2. The molecule has 1 aliphatic heterocycles. The highest BCUT2D eigenvalue weighted by atomic mass is 16.2. The van der Waals surface area contributed by atoms with Gasteiger partial charge in [-0.2, -0.15) is 0 Å². The molecule has 2 aliphatic carbocycles. The van der Waals surface area contributed by atoms with Gasteiger partial charge in [0.05, 0.1) is 18.2 Å². The molecule has 2 amide bonds. The van der Waals surface area contributed by atoms with Gasteiger partial charge in [0.25, 0.3) is 5.91 Å². The van der Waals surface area contributed by atoms with Crippen LogP contribution in [-0.2, 0) is 17.9 Å². The van der Waals surface area contributed by atoms with Crippen molar-refractivity contribution in [3.05, 3.63) is 29.9 Å². The number of nitrogens with zero attached hydrogens (tertiary/aromatic N) is 3. The summed E-state index contributed by atoms with van der Waals surface area (Å²) >= 11 is 0. The van der Waals surface area contributed by atoms with Gasteiger partial charge in [0.2, 0.25) is 5.91 Å². The van der Waals surface area contributed by atoms with Crippen LogP contribution in [0.2, 0.25) is 0 Å². The zero-order valence-corrected chi connectivity index (χ0v) is 14.3. The van der Waals surface area contributed by atoms with Crippen LogP contribution < -0.4 is 5.73 Å². The Morgan fingerprint density at radius 1 is 1.38 bits per heavy atom. The molecule has 6 nitrogen and oxygen atoms in total. The molecule has 0 unspecified atom stereocenters. The van der Waals surface area contributed by atoms with Crippen LogP contribution in [0.25, 0.3) is 0 Å². The zero-order chi connectivity index (χ0) is 17.3. The van der Waals surface area contributed by atoms with Crippen LogP contribution in [0.15, 0.2) is 18.3 Å². The largest absolute Gasteiger partial charge is 0.364 e. The number of carbonyl (C=O) groups is 2. The van der Waals surface area contributed by atoms with Crippen molar-refractivity contribution in [2.45, 2.75) is 46.2 Å².